The van der Waals surface area contributed by atoms with E-state index in [0.717, 1.165) is 5.56 Å². The van der Waals surface area contributed by atoms with Crippen molar-refractivity contribution in [2.45, 2.75) is 76.5 Å². The summed E-state index contributed by atoms with van der Waals surface area (Å²) in [6.45, 7) is 4.17. The number of nitrogens with two attached hydrogens (primary N) is 5. The molecule has 234 valence electrons. The zero-order chi connectivity index (χ0) is 31.7. The molecule has 1 rings (SSSR count). The molecule has 0 aliphatic rings. The van der Waals surface area contributed by atoms with Gasteiger partial charge in [-0.15, -0.1) is 0 Å². The standard InChI is InChI=1S/C27H46N10O5/c1-16(2)14-21(25(41)42)37-24(40)20(15-17-8-4-3-5-9-17)36-23(39)19(11-7-13-34-27(31)32)35-22(38)18(28)10-6-12-33-26(29)30/h3-5,8-9,16,18-21H,6-7,10-15,28H2,1-2H3,(H,35,38)(H,36,39)(H,37,40)(H,41,42)(H4,29,30,33)(H4,31,32,34). The van der Waals surface area contributed by atoms with E-state index in [1.807, 2.05) is 19.9 Å². The van der Waals surface area contributed by atoms with Gasteiger partial charge < -0.3 is 49.7 Å². The SMILES string of the molecule is CC(C)CC(NC(=O)C(Cc1ccccc1)NC(=O)C(CCCN=C(N)N)NC(=O)C(N)CCCN=C(N)N)C(=O)O. The molecule has 0 saturated heterocycles. The van der Waals surface area contributed by atoms with Crippen molar-refractivity contribution in [1.82, 2.24) is 16.0 Å². The van der Waals surface area contributed by atoms with Crippen molar-refractivity contribution < 1.29 is 24.3 Å². The number of rotatable bonds is 19. The van der Waals surface area contributed by atoms with Crippen LogP contribution in [0.15, 0.2) is 40.3 Å². The highest BCUT2D eigenvalue weighted by Gasteiger charge is 2.30. The molecule has 15 heteroatoms. The summed E-state index contributed by atoms with van der Waals surface area (Å²) in [5, 5.41) is 17.5. The van der Waals surface area contributed by atoms with Crippen molar-refractivity contribution in [2.75, 3.05) is 13.1 Å². The summed E-state index contributed by atoms with van der Waals surface area (Å²) in [7, 11) is 0. The fourth-order valence-corrected chi connectivity index (χ4v) is 4.00. The average molecular weight is 591 g/mol. The minimum atomic E-state index is -1.18. The summed E-state index contributed by atoms with van der Waals surface area (Å²) in [6, 6.07) is 4.66. The van der Waals surface area contributed by atoms with E-state index in [1.165, 1.54) is 0 Å². The molecular formula is C27H46N10O5. The minimum Gasteiger partial charge on any atom is -0.480 e. The van der Waals surface area contributed by atoms with E-state index in [9.17, 15) is 24.3 Å². The van der Waals surface area contributed by atoms with Crippen LogP contribution in [0.4, 0.5) is 0 Å². The normalized spacial score (nSPS) is 13.6. The summed E-state index contributed by atoms with van der Waals surface area (Å²) < 4.78 is 0. The number of guanidine groups is 2. The Labute approximate surface area is 246 Å². The molecular weight excluding hydrogens is 544 g/mol. The number of nitrogens with zero attached hydrogens (tertiary/aromatic N) is 2. The number of benzene rings is 1. The summed E-state index contributed by atoms with van der Waals surface area (Å²) in [6.07, 6.45) is 1.47. The molecule has 4 atom stereocenters. The Hall–Kier alpha value is -4.40. The molecule has 14 N–H and O–H groups in total. The van der Waals surface area contributed by atoms with Crippen LogP contribution in [0.25, 0.3) is 0 Å². The molecule has 0 fully saturated rings. The molecule has 0 saturated carbocycles. The molecule has 0 aliphatic heterocycles. The van der Waals surface area contributed by atoms with Crippen LogP contribution >= 0.6 is 0 Å². The predicted octanol–water partition coefficient (Wildman–Crippen LogP) is -1.75. The van der Waals surface area contributed by atoms with Gasteiger partial charge >= 0.3 is 5.97 Å². The lowest BCUT2D eigenvalue weighted by Crippen LogP contribution is -2.57. The van der Waals surface area contributed by atoms with E-state index < -0.39 is 47.9 Å². The zero-order valence-corrected chi connectivity index (χ0v) is 24.3. The van der Waals surface area contributed by atoms with Gasteiger partial charge in [-0.2, -0.15) is 0 Å². The number of amides is 3. The first-order chi connectivity index (χ1) is 19.8. The molecule has 0 bridgehead atoms. The molecule has 0 heterocycles. The maximum Gasteiger partial charge on any atom is 0.326 e. The Bertz CT molecular complexity index is 1070. The molecule has 1 aromatic carbocycles. The number of carboxylic acid groups (broad SMARTS) is 1. The van der Waals surface area contributed by atoms with Crippen LogP contribution < -0.4 is 44.6 Å². The van der Waals surface area contributed by atoms with E-state index in [-0.39, 0.29) is 56.6 Å². The molecule has 4 unspecified atom stereocenters. The summed E-state index contributed by atoms with van der Waals surface area (Å²) in [5.41, 5.74) is 28.1. The largest absolute Gasteiger partial charge is 0.480 e. The topological polar surface area (TPSA) is 279 Å². The van der Waals surface area contributed by atoms with Crippen LogP contribution in [0.2, 0.25) is 0 Å². The average Bonchev–Trinajstić information content (AvgIpc) is 2.91. The van der Waals surface area contributed by atoms with E-state index in [2.05, 4.69) is 25.9 Å². The smallest absolute Gasteiger partial charge is 0.326 e. The van der Waals surface area contributed by atoms with Gasteiger partial charge in [0.25, 0.3) is 0 Å². The second-order valence-electron chi connectivity index (χ2n) is 10.3. The lowest BCUT2D eigenvalue weighted by Gasteiger charge is -2.26. The van der Waals surface area contributed by atoms with Crippen molar-refractivity contribution in [3.8, 4) is 0 Å². The Balaban J connectivity index is 3.11. The lowest BCUT2D eigenvalue weighted by atomic mass is 10.0. The molecule has 3 amide bonds. The van der Waals surface area contributed by atoms with Crippen molar-refractivity contribution in [3.05, 3.63) is 35.9 Å². The zero-order valence-electron chi connectivity index (χ0n) is 24.3. The molecule has 0 spiro atoms. The summed E-state index contributed by atoms with van der Waals surface area (Å²) in [4.78, 5) is 59.1. The maximum atomic E-state index is 13.5. The third-order valence-electron chi connectivity index (χ3n) is 6.12. The number of aliphatic imine (C=N–C) groups is 2. The van der Waals surface area contributed by atoms with E-state index >= 15 is 0 Å². The van der Waals surface area contributed by atoms with Gasteiger partial charge in [0.1, 0.15) is 18.1 Å². The van der Waals surface area contributed by atoms with Gasteiger partial charge in [-0.25, -0.2) is 4.79 Å². The van der Waals surface area contributed by atoms with Crippen LogP contribution in [-0.2, 0) is 25.6 Å². The number of carbonyl (C=O) groups is 4. The fraction of sp³-hybridized carbons (Fsp3) is 0.556. The number of hydrogen-bond donors (Lipinski definition) is 9. The van der Waals surface area contributed by atoms with Gasteiger partial charge in [0, 0.05) is 19.5 Å². The Morgan fingerprint density at radius 2 is 1.26 bits per heavy atom. The first-order valence-electron chi connectivity index (χ1n) is 13.8. The second kappa shape index (κ2) is 18.9. The van der Waals surface area contributed by atoms with Gasteiger partial charge in [0.15, 0.2) is 11.9 Å². The highest BCUT2D eigenvalue weighted by Crippen LogP contribution is 2.09. The molecule has 0 radical (unpaired) electrons. The van der Waals surface area contributed by atoms with Gasteiger partial charge in [-0.1, -0.05) is 44.2 Å². The molecule has 15 nitrogen and oxygen atoms in total. The van der Waals surface area contributed by atoms with Crippen molar-refractivity contribution in [2.24, 2.45) is 44.6 Å². The molecule has 1 aromatic rings. The van der Waals surface area contributed by atoms with Crippen LogP contribution in [-0.4, -0.2) is 78.0 Å². The summed E-state index contributed by atoms with van der Waals surface area (Å²) >= 11 is 0. The van der Waals surface area contributed by atoms with Crippen LogP contribution in [0.1, 0.15) is 51.5 Å². The third kappa shape index (κ3) is 14.8. The van der Waals surface area contributed by atoms with Gasteiger partial charge in [-0.3, -0.25) is 24.4 Å². The number of aliphatic carboxylic acids is 1. The highest BCUT2D eigenvalue weighted by molar-refractivity contribution is 5.94. The first-order valence-corrected chi connectivity index (χ1v) is 13.8. The van der Waals surface area contributed by atoms with E-state index in [1.54, 1.807) is 24.3 Å². The lowest BCUT2D eigenvalue weighted by molar-refractivity contribution is -0.142. The third-order valence-corrected chi connectivity index (χ3v) is 6.12. The number of hydrogen-bond acceptors (Lipinski definition) is 7. The van der Waals surface area contributed by atoms with Crippen LogP contribution in [0, 0.1) is 5.92 Å². The van der Waals surface area contributed by atoms with Crippen molar-refractivity contribution >= 4 is 35.6 Å². The Morgan fingerprint density at radius 3 is 1.79 bits per heavy atom. The van der Waals surface area contributed by atoms with Crippen molar-refractivity contribution in [3.63, 3.8) is 0 Å². The van der Waals surface area contributed by atoms with Crippen LogP contribution in [0.3, 0.4) is 0 Å². The van der Waals surface area contributed by atoms with Gasteiger partial charge in [0.2, 0.25) is 17.7 Å². The van der Waals surface area contributed by atoms with Crippen LogP contribution in [0.5, 0.6) is 0 Å². The number of carboxylic acids is 1. The Kier molecular flexibility index (Phi) is 16.0. The monoisotopic (exact) mass is 590 g/mol. The molecule has 42 heavy (non-hydrogen) atoms. The summed E-state index contributed by atoms with van der Waals surface area (Å²) in [5.74, 6) is -3.25. The van der Waals surface area contributed by atoms with Gasteiger partial charge in [0.05, 0.1) is 6.04 Å². The van der Waals surface area contributed by atoms with E-state index in [4.69, 9.17) is 28.7 Å². The van der Waals surface area contributed by atoms with E-state index in [0.29, 0.717) is 12.8 Å². The van der Waals surface area contributed by atoms with Crippen molar-refractivity contribution in [1.29, 1.82) is 0 Å². The maximum absolute atomic E-state index is 13.5. The Morgan fingerprint density at radius 1 is 0.762 bits per heavy atom. The van der Waals surface area contributed by atoms with Gasteiger partial charge in [-0.05, 0) is 43.6 Å². The number of nitrogens with one attached hydrogen (secondary N) is 3. The second-order valence-corrected chi connectivity index (χ2v) is 10.3. The molecule has 0 aliphatic carbocycles. The quantitative estimate of drug-likeness (QED) is 0.0497. The highest BCUT2D eigenvalue weighted by atomic mass is 16.4. The number of carbonyl (C=O) groups excluding carboxylic acids is 3. The first kappa shape index (κ1) is 35.6. The molecule has 0 aromatic heterocycles. The fourth-order valence-electron chi connectivity index (χ4n) is 4.00. The minimum absolute atomic E-state index is 0.00190. The predicted molar refractivity (Wildman–Crippen MR) is 161 cm³/mol.